The van der Waals surface area contributed by atoms with Gasteiger partial charge >= 0.3 is 0 Å². The van der Waals surface area contributed by atoms with Crippen LogP contribution in [0.5, 0.6) is 17.4 Å². The molecule has 0 saturated heterocycles. The number of aromatic nitrogens is 1. The van der Waals surface area contributed by atoms with Gasteiger partial charge in [-0.1, -0.05) is 12.1 Å². The number of ether oxygens (including phenoxy) is 2. The van der Waals surface area contributed by atoms with Gasteiger partial charge in [-0.05, 0) is 30.5 Å². The summed E-state index contributed by atoms with van der Waals surface area (Å²) in [6, 6.07) is 12.9. The number of methoxy groups -OCH3 is 1. The fraction of sp³-hybridized carbons (Fsp3) is 0.111. The van der Waals surface area contributed by atoms with E-state index in [1.54, 1.807) is 36.6 Å². The van der Waals surface area contributed by atoms with Gasteiger partial charge in [-0.2, -0.15) is 0 Å². The molecule has 23 heavy (non-hydrogen) atoms. The first-order valence-corrected chi connectivity index (χ1v) is 7.92. The number of carbonyl (C=O) groups is 1. The highest BCUT2D eigenvalue weighted by Crippen LogP contribution is 2.38. The van der Waals surface area contributed by atoms with Gasteiger partial charge in [-0.3, -0.25) is 4.79 Å². The van der Waals surface area contributed by atoms with Crippen LogP contribution in [0.25, 0.3) is 10.4 Å². The molecule has 0 aliphatic rings. The smallest absolute Gasteiger partial charge is 0.219 e. The fourth-order valence-electron chi connectivity index (χ4n) is 2.24. The lowest BCUT2D eigenvalue weighted by atomic mass is 10.1. The number of hydrogen-bond acceptors (Lipinski definition) is 5. The molecule has 5 heteroatoms. The second-order valence-corrected chi connectivity index (χ2v) is 5.85. The molecule has 0 unspecified atom stereocenters. The maximum atomic E-state index is 11.5. The number of aldehydes is 1. The van der Waals surface area contributed by atoms with Crippen LogP contribution in [0.15, 0.2) is 47.8 Å². The Hall–Kier alpha value is -2.66. The Labute approximate surface area is 138 Å². The minimum atomic E-state index is 0.426. The van der Waals surface area contributed by atoms with Crippen LogP contribution in [-0.4, -0.2) is 18.4 Å². The molecule has 0 bridgehead atoms. The van der Waals surface area contributed by atoms with E-state index >= 15 is 0 Å². The number of thiophene rings is 1. The van der Waals surface area contributed by atoms with Crippen molar-refractivity contribution >= 4 is 17.6 Å². The summed E-state index contributed by atoms with van der Waals surface area (Å²) in [6.07, 6.45) is 0.779. The highest BCUT2D eigenvalue weighted by atomic mass is 32.1. The first-order chi connectivity index (χ1) is 11.2. The molecule has 116 valence electrons. The molecule has 0 spiro atoms. The predicted molar refractivity (Wildman–Crippen MR) is 90.7 cm³/mol. The Morgan fingerprint density at radius 3 is 2.65 bits per heavy atom. The SMILES string of the molecule is COc1cc(Oc2cccc(C)n2)c(C=O)cc1-c1cccs1. The number of carbonyl (C=O) groups excluding carboxylic acids is 1. The van der Waals surface area contributed by atoms with Crippen molar-refractivity contribution < 1.29 is 14.3 Å². The molecule has 0 amide bonds. The van der Waals surface area contributed by atoms with Crippen molar-refractivity contribution in [2.75, 3.05) is 7.11 Å². The van der Waals surface area contributed by atoms with Crippen LogP contribution in [-0.2, 0) is 0 Å². The number of rotatable bonds is 5. The van der Waals surface area contributed by atoms with Gasteiger partial charge in [0.1, 0.15) is 11.5 Å². The topological polar surface area (TPSA) is 48.4 Å². The highest BCUT2D eigenvalue weighted by molar-refractivity contribution is 7.13. The predicted octanol–water partition coefficient (Wildman–Crippen LogP) is 4.73. The lowest BCUT2D eigenvalue weighted by Gasteiger charge is -2.13. The summed E-state index contributed by atoms with van der Waals surface area (Å²) >= 11 is 1.59. The largest absolute Gasteiger partial charge is 0.496 e. The van der Waals surface area contributed by atoms with Gasteiger partial charge in [0.15, 0.2) is 6.29 Å². The van der Waals surface area contributed by atoms with Gasteiger partial charge in [0.25, 0.3) is 0 Å². The zero-order chi connectivity index (χ0) is 16.2. The molecule has 3 aromatic rings. The summed E-state index contributed by atoms with van der Waals surface area (Å²) in [5.74, 6) is 1.52. The Bertz CT molecular complexity index is 828. The highest BCUT2D eigenvalue weighted by Gasteiger charge is 2.14. The van der Waals surface area contributed by atoms with Gasteiger partial charge in [0, 0.05) is 28.3 Å². The van der Waals surface area contributed by atoms with E-state index in [1.807, 2.05) is 36.6 Å². The average Bonchev–Trinajstić information content (AvgIpc) is 3.08. The van der Waals surface area contributed by atoms with Crippen molar-refractivity contribution in [1.82, 2.24) is 4.98 Å². The second-order valence-electron chi connectivity index (χ2n) is 4.90. The van der Waals surface area contributed by atoms with Crippen LogP contribution in [0.4, 0.5) is 0 Å². The fourth-order valence-corrected chi connectivity index (χ4v) is 2.99. The molecule has 0 N–H and O–H groups in total. The summed E-state index contributed by atoms with van der Waals surface area (Å²) in [5, 5.41) is 1.98. The molecule has 0 radical (unpaired) electrons. The zero-order valence-electron chi connectivity index (χ0n) is 12.8. The van der Waals surface area contributed by atoms with E-state index in [0.717, 1.165) is 22.4 Å². The van der Waals surface area contributed by atoms with Crippen molar-refractivity contribution in [3.63, 3.8) is 0 Å². The third-order valence-electron chi connectivity index (χ3n) is 3.32. The van der Waals surface area contributed by atoms with Crippen LogP contribution in [0, 0.1) is 6.92 Å². The standard InChI is InChI=1S/C18H15NO3S/c1-12-5-3-7-18(19-12)22-15-10-16(21-2)14(9-13(15)11-20)17-6-4-8-23-17/h3-11H,1-2H3. The molecule has 4 nitrogen and oxygen atoms in total. The van der Waals surface area contributed by atoms with E-state index in [-0.39, 0.29) is 0 Å². The number of nitrogens with zero attached hydrogens (tertiary/aromatic N) is 1. The van der Waals surface area contributed by atoms with Gasteiger partial charge in [0.05, 0.1) is 12.7 Å². The van der Waals surface area contributed by atoms with Crippen LogP contribution >= 0.6 is 11.3 Å². The van der Waals surface area contributed by atoms with Crippen LogP contribution in [0.3, 0.4) is 0 Å². The van der Waals surface area contributed by atoms with Gasteiger partial charge in [-0.15, -0.1) is 11.3 Å². The zero-order valence-corrected chi connectivity index (χ0v) is 13.6. The van der Waals surface area contributed by atoms with Crippen molar-refractivity contribution in [2.45, 2.75) is 6.92 Å². The molecular weight excluding hydrogens is 310 g/mol. The van der Waals surface area contributed by atoms with Crippen LogP contribution in [0.2, 0.25) is 0 Å². The molecule has 0 saturated carbocycles. The van der Waals surface area contributed by atoms with Gasteiger partial charge < -0.3 is 9.47 Å². The summed E-state index contributed by atoms with van der Waals surface area (Å²) in [4.78, 5) is 16.8. The van der Waals surface area contributed by atoms with Crippen molar-refractivity contribution in [1.29, 1.82) is 0 Å². The summed E-state index contributed by atoms with van der Waals surface area (Å²) < 4.78 is 11.2. The first-order valence-electron chi connectivity index (χ1n) is 7.04. The monoisotopic (exact) mass is 325 g/mol. The second kappa shape index (κ2) is 6.62. The number of pyridine rings is 1. The lowest BCUT2D eigenvalue weighted by molar-refractivity contribution is 0.112. The molecule has 2 aromatic heterocycles. The maximum Gasteiger partial charge on any atom is 0.219 e. The van der Waals surface area contributed by atoms with E-state index in [2.05, 4.69) is 4.98 Å². The quantitative estimate of drug-likeness (QED) is 0.636. The molecule has 0 fully saturated rings. The van der Waals surface area contributed by atoms with Crippen molar-refractivity contribution in [3.8, 4) is 27.8 Å². The number of hydrogen-bond donors (Lipinski definition) is 0. The average molecular weight is 325 g/mol. The normalized spacial score (nSPS) is 10.3. The Morgan fingerprint density at radius 2 is 2.00 bits per heavy atom. The lowest BCUT2D eigenvalue weighted by Crippen LogP contribution is -1.96. The molecule has 1 aromatic carbocycles. The third-order valence-corrected chi connectivity index (χ3v) is 4.23. The molecule has 0 aliphatic heterocycles. The third kappa shape index (κ3) is 3.24. The molecule has 0 atom stereocenters. The summed E-state index contributed by atoms with van der Waals surface area (Å²) in [7, 11) is 1.60. The van der Waals surface area contributed by atoms with Crippen molar-refractivity contribution in [2.24, 2.45) is 0 Å². The summed E-state index contributed by atoms with van der Waals surface area (Å²) in [5.41, 5.74) is 2.17. The van der Waals surface area contributed by atoms with E-state index in [9.17, 15) is 4.79 Å². The molecule has 3 rings (SSSR count). The van der Waals surface area contributed by atoms with E-state index < -0.39 is 0 Å². The Kier molecular flexibility index (Phi) is 4.39. The van der Waals surface area contributed by atoms with Crippen LogP contribution < -0.4 is 9.47 Å². The van der Waals surface area contributed by atoms with Gasteiger partial charge in [0.2, 0.25) is 5.88 Å². The minimum absolute atomic E-state index is 0.426. The van der Waals surface area contributed by atoms with Crippen LogP contribution in [0.1, 0.15) is 16.1 Å². The number of aryl methyl sites for hydroxylation is 1. The molecule has 0 aliphatic carbocycles. The first kappa shape index (κ1) is 15.2. The summed E-state index contributed by atoms with van der Waals surface area (Å²) in [6.45, 7) is 1.88. The minimum Gasteiger partial charge on any atom is -0.496 e. The Morgan fingerprint density at radius 1 is 1.13 bits per heavy atom. The maximum absolute atomic E-state index is 11.5. The van der Waals surface area contributed by atoms with Gasteiger partial charge in [-0.25, -0.2) is 4.98 Å². The van der Waals surface area contributed by atoms with E-state index in [4.69, 9.17) is 9.47 Å². The van der Waals surface area contributed by atoms with Crippen molar-refractivity contribution in [3.05, 3.63) is 59.1 Å². The van der Waals surface area contributed by atoms with E-state index in [1.165, 1.54) is 0 Å². The Balaban J connectivity index is 2.05. The van der Waals surface area contributed by atoms with E-state index in [0.29, 0.717) is 22.9 Å². The molecule has 2 heterocycles. The molecular formula is C18H15NO3S. The number of benzene rings is 1.